The van der Waals surface area contributed by atoms with Crippen molar-refractivity contribution >= 4 is 27.0 Å². The van der Waals surface area contributed by atoms with Gasteiger partial charge in [-0.1, -0.05) is 63.4 Å². The Balaban J connectivity index is 1.70. The van der Waals surface area contributed by atoms with Crippen LogP contribution in [0.4, 0.5) is 5.69 Å². The summed E-state index contributed by atoms with van der Waals surface area (Å²) in [6.45, 7) is 6.41. The second kappa shape index (κ2) is 11.5. The summed E-state index contributed by atoms with van der Waals surface area (Å²) in [5, 5.41) is 2.11. The van der Waals surface area contributed by atoms with Crippen molar-refractivity contribution in [2.24, 2.45) is 10.9 Å². The topological polar surface area (TPSA) is 54.7 Å². The molecule has 3 aromatic rings. The van der Waals surface area contributed by atoms with Crippen LogP contribution in [0.25, 0.3) is 11.3 Å². The minimum Gasteiger partial charge on any atom is -0.316 e. The van der Waals surface area contributed by atoms with E-state index in [1.54, 1.807) is 21.7 Å². The minimum atomic E-state index is -3.50. The maximum Gasteiger partial charge on any atom is 0.243 e. The first-order valence-electron chi connectivity index (χ1n) is 12.4. The molecule has 0 spiro atoms. The van der Waals surface area contributed by atoms with Gasteiger partial charge in [-0.2, -0.15) is 4.31 Å². The molecule has 0 amide bonds. The number of hydrogen-bond acceptors (Lipinski definition) is 4. The number of rotatable bonds is 9. The van der Waals surface area contributed by atoms with Crippen LogP contribution in [0.5, 0.6) is 0 Å². The average Bonchev–Trinajstić information content (AvgIpc) is 3.25. The van der Waals surface area contributed by atoms with Gasteiger partial charge in [0.2, 0.25) is 10.0 Å². The molecule has 1 fully saturated rings. The lowest BCUT2D eigenvalue weighted by atomic mass is 10.0. The molecule has 0 saturated carbocycles. The Morgan fingerprint density at radius 1 is 1.06 bits per heavy atom. The Morgan fingerprint density at radius 2 is 1.88 bits per heavy atom. The van der Waals surface area contributed by atoms with E-state index in [0.717, 1.165) is 47.6 Å². The molecule has 4 rings (SSSR count). The molecule has 182 valence electrons. The predicted molar refractivity (Wildman–Crippen MR) is 141 cm³/mol. The molecule has 1 aromatic heterocycles. The quantitative estimate of drug-likeness (QED) is 0.319. The number of unbranched alkanes of at least 4 members (excludes halogenated alkanes) is 3. The smallest absolute Gasteiger partial charge is 0.243 e. The van der Waals surface area contributed by atoms with Crippen molar-refractivity contribution in [3.8, 4) is 11.3 Å². The van der Waals surface area contributed by atoms with Crippen molar-refractivity contribution in [1.82, 2.24) is 8.87 Å². The Kier molecular flexibility index (Phi) is 8.40. The number of nitrogens with zero attached hydrogens (tertiary/aromatic N) is 3. The van der Waals surface area contributed by atoms with Crippen LogP contribution in [0.1, 0.15) is 52.4 Å². The Labute approximate surface area is 207 Å². The molecule has 5 nitrogen and oxygen atoms in total. The van der Waals surface area contributed by atoms with Gasteiger partial charge in [0.25, 0.3) is 0 Å². The summed E-state index contributed by atoms with van der Waals surface area (Å²) in [5.41, 5.74) is 2.88. The highest BCUT2D eigenvalue weighted by Crippen LogP contribution is 2.28. The highest BCUT2D eigenvalue weighted by atomic mass is 32.2. The standard InChI is InChI=1S/C27H35N3O2S2/c1-3-4-5-9-18-30-26(21-33-27(30)28-24-14-7-6-8-15-24)23-13-10-16-25(19-23)34(31,32)29-17-11-12-22(2)20-29/h6-8,10,13-16,19,21-22H,3-5,9,11-12,17-18,20H2,1-2H3. The van der Waals surface area contributed by atoms with Gasteiger partial charge in [0.05, 0.1) is 16.3 Å². The Bertz CT molecular complexity index is 1250. The van der Waals surface area contributed by atoms with E-state index in [1.165, 1.54) is 19.3 Å². The molecule has 1 aliphatic heterocycles. The molecule has 2 aromatic carbocycles. The molecule has 2 heterocycles. The first-order chi connectivity index (χ1) is 16.5. The first kappa shape index (κ1) is 24.9. The number of thiazole rings is 1. The van der Waals surface area contributed by atoms with E-state index in [9.17, 15) is 8.42 Å². The molecule has 0 N–H and O–H groups in total. The van der Waals surface area contributed by atoms with E-state index in [1.807, 2.05) is 48.5 Å². The van der Waals surface area contributed by atoms with Crippen molar-refractivity contribution in [3.63, 3.8) is 0 Å². The normalized spacial score (nSPS) is 17.8. The third kappa shape index (κ3) is 5.88. The van der Waals surface area contributed by atoms with Crippen molar-refractivity contribution < 1.29 is 8.42 Å². The van der Waals surface area contributed by atoms with E-state index in [2.05, 4.69) is 23.8 Å². The summed E-state index contributed by atoms with van der Waals surface area (Å²) in [6, 6.07) is 17.4. The molecule has 7 heteroatoms. The van der Waals surface area contributed by atoms with Crippen molar-refractivity contribution in [2.45, 2.75) is 63.8 Å². The highest BCUT2D eigenvalue weighted by Gasteiger charge is 2.29. The van der Waals surface area contributed by atoms with Crippen LogP contribution >= 0.6 is 11.3 Å². The van der Waals surface area contributed by atoms with Gasteiger partial charge in [0.1, 0.15) is 0 Å². The fourth-order valence-electron chi connectivity index (χ4n) is 4.50. The van der Waals surface area contributed by atoms with Crippen molar-refractivity contribution in [3.05, 3.63) is 64.8 Å². The number of sulfonamides is 1. The number of piperidine rings is 1. The SMILES string of the molecule is CCCCCCn1c(-c2cccc(S(=O)(=O)N3CCCC(C)C3)c2)csc1=Nc1ccccc1. The van der Waals surface area contributed by atoms with Gasteiger partial charge in [-0.3, -0.25) is 0 Å². The van der Waals surface area contributed by atoms with Gasteiger partial charge < -0.3 is 4.57 Å². The van der Waals surface area contributed by atoms with E-state index < -0.39 is 10.0 Å². The van der Waals surface area contributed by atoms with E-state index in [4.69, 9.17) is 4.99 Å². The number of para-hydroxylation sites is 1. The van der Waals surface area contributed by atoms with Gasteiger partial charge in [0.15, 0.2) is 4.80 Å². The molecular weight excluding hydrogens is 462 g/mol. The fourth-order valence-corrected chi connectivity index (χ4v) is 7.10. The van der Waals surface area contributed by atoms with Crippen LogP contribution in [0, 0.1) is 5.92 Å². The Hall–Kier alpha value is -2.22. The lowest BCUT2D eigenvalue weighted by Crippen LogP contribution is -2.39. The van der Waals surface area contributed by atoms with Crippen LogP contribution in [0.3, 0.4) is 0 Å². The summed E-state index contributed by atoms with van der Waals surface area (Å²) < 4.78 is 30.7. The lowest BCUT2D eigenvalue weighted by molar-refractivity contribution is 0.281. The molecule has 1 atom stereocenters. The van der Waals surface area contributed by atoms with Gasteiger partial charge in [-0.05, 0) is 49.4 Å². The van der Waals surface area contributed by atoms with Crippen LogP contribution in [0.15, 0.2) is 69.9 Å². The van der Waals surface area contributed by atoms with E-state index in [-0.39, 0.29) is 0 Å². The number of aromatic nitrogens is 1. The molecule has 1 saturated heterocycles. The molecule has 0 radical (unpaired) electrons. The van der Waals surface area contributed by atoms with Gasteiger partial charge in [0, 0.05) is 30.6 Å². The average molecular weight is 498 g/mol. The lowest BCUT2D eigenvalue weighted by Gasteiger charge is -2.30. The Morgan fingerprint density at radius 3 is 2.65 bits per heavy atom. The van der Waals surface area contributed by atoms with E-state index in [0.29, 0.717) is 23.9 Å². The fraction of sp³-hybridized carbons (Fsp3) is 0.444. The van der Waals surface area contributed by atoms with Crippen LogP contribution < -0.4 is 4.80 Å². The predicted octanol–water partition coefficient (Wildman–Crippen LogP) is 6.45. The summed E-state index contributed by atoms with van der Waals surface area (Å²) >= 11 is 1.61. The first-order valence-corrected chi connectivity index (χ1v) is 14.7. The molecule has 0 aliphatic carbocycles. The zero-order valence-electron chi connectivity index (χ0n) is 20.2. The third-order valence-corrected chi connectivity index (χ3v) is 9.13. The monoisotopic (exact) mass is 497 g/mol. The maximum atomic E-state index is 13.4. The molecule has 0 bridgehead atoms. The third-order valence-electron chi connectivity index (χ3n) is 6.40. The van der Waals surface area contributed by atoms with Crippen molar-refractivity contribution in [1.29, 1.82) is 0 Å². The molecule has 1 unspecified atom stereocenters. The highest BCUT2D eigenvalue weighted by molar-refractivity contribution is 7.89. The molecule has 1 aliphatic rings. The summed E-state index contributed by atoms with van der Waals surface area (Å²) in [5.74, 6) is 0.399. The number of hydrogen-bond donors (Lipinski definition) is 0. The largest absolute Gasteiger partial charge is 0.316 e. The van der Waals surface area contributed by atoms with Crippen LogP contribution in [0.2, 0.25) is 0 Å². The number of benzene rings is 2. The van der Waals surface area contributed by atoms with Gasteiger partial charge in [-0.25, -0.2) is 13.4 Å². The van der Waals surface area contributed by atoms with Gasteiger partial charge in [-0.15, -0.1) is 11.3 Å². The summed E-state index contributed by atoms with van der Waals surface area (Å²) in [6.07, 6.45) is 6.67. The van der Waals surface area contributed by atoms with Crippen LogP contribution in [-0.4, -0.2) is 30.4 Å². The zero-order chi connectivity index (χ0) is 24.0. The van der Waals surface area contributed by atoms with Crippen molar-refractivity contribution in [2.75, 3.05) is 13.1 Å². The second-order valence-corrected chi connectivity index (χ2v) is 12.0. The molecule has 34 heavy (non-hydrogen) atoms. The molecular formula is C27H35N3O2S2. The summed E-state index contributed by atoms with van der Waals surface area (Å²) in [7, 11) is -3.50. The van der Waals surface area contributed by atoms with Crippen LogP contribution in [-0.2, 0) is 16.6 Å². The zero-order valence-corrected chi connectivity index (χ0v) is 21.8. The summed E-state index contributed by atoms with van der Waals surface area (Å²) in [4.78, 5) is 6.21. The second-order valence-electron chi connectivity index (χ2n) is 9.20. The van der Waals surface area contributed by atoms with E-state index >= 15 is 0 Å². The van der Waals surface area contributed by atoms with Gasteiger partial charge >= 0.3 is 0 Å². The minimum absolute atomic E-state index is 0.379. The maximum absolute atomic E-state index is 13.4.